The molecule has 0 aromatic heterocycles. The van der Waals surface area contributed by atoms with Gasteiger partial charge in [-0.05, 0) is 31.9 Å². The Morgan fingerprint density at radius 3 is 2.76 bits per heavy atom. The number of halogens is 1. The fourth-order valence-corrected chi connectivity index (χ4v) is 2.42. The highest BCUT2D eigenvalue weighted by Crippen LogP contribution is 2.14. The first-order valence-corrected chi connectivity index (χ1v) is 6.17. The quantitative estimate of drug-likeness (QED) is 0.873. The minimum Gasteiger partial charge on any atom is -0.312 e. The van der Waals surface area contributed by atoms with Crippen molar-refractivity contribution in [1.29, 1.82) is 0 Å². The molecule has 1 aromatic carbocycles. The van der Waals surface area contributed by atoms with Gasteiger partial charge in [0.15, 0.2) is 0 Å². The van der Waals surface area contributed by atoms with E-state index in [0.29, 0.717) is 6.04 Å². The normalized spacial score (nSPS) is 21.0. The molecule has 0 amide bonds. The highest BCUT2D eigenvalue weighted by molar-refractivity contribution is 5.85. The van der Waals surface area contributed by atoms with Gasteiger partial charge in [-0.3, -0.25) is 4.90 Å². The molecule has 0 spiro atoms. The molecule has 1 aliphatic rings. The summed E-state index contributed by atoms with van der Waals surface area (Å²) in [6.45, 7) is 11.2. The summed E-state index contributed by atoms with van der Waals surface area (Å²) < 4.78 is 0. The Morgan fingerprint density at radius 2 is 2.12 bits per heavy atom. The van der Waals surface area contributed by atoms with E-state index in [9.17, 15) is 0 Å². The van der Waals surface area contributed by atoms with Crippen molar-refractivity contribution in [3.63, 3.8) is 0 Å². The predicted molar refractivity (Wildman–Crippen MR) is 75.9 cm³/mol. The number of nitrogens with zero attached hydrogens (tertiary/aromatic N) is 1. The van der Waals surface area contributed by atoms with Crippen molar-refractivity contribution in [2.45, 2.75) is 33.4 Å². The van der Waals surface area contributed by atoms with Gasteiger partial charge >= 0.3 is 0 Å². The second kappa shape index (κ2) is 6.39. The molecular formula is C14H23ClN2. The molecule has 0 unspecified atom stereocenters. The molecule has 1 N–H and O–H groups in total. The van der Waals surface area contributed by atoms with Gasteiger partial charge in [0.05, 0.1) is 0 Å². The number of nitrogens with one attached hydrogen (secondary N) is 1. The molecule has 1 saturated heterocycles. The standard InChI is InChI=1S/C14H22N2.ClH/c1-11-4-5-14(12(2)8-11)10-16-7-6-15-13(3)9-16;/h4-5,8,13,15H,6-7,9-10H2,1-3H3;1H/t13-;/m1./s1. The maximum Gasteiger partial charge on any atom is 0.0237 e. The molecule has 0 bridgehead atoms. The van der Waals surface area contributed by atoms with Crippen molar-refractivity contribution in [2.75, 3.05) is 19.6 Å². The smallest absolute Gasteiger partial charge is 0.0237 e. The number of piperazine rings is 1. The monoisotopic (exact) mass is 254 g/mol. The van der Waals surface area contributed by atoms with Crippen LogP contribution in [-0.4, -0.2) is 30.6 Å². The zero-order valence-corrected chi connectivity index (χ0v) is 11.8. The first-order chi connectivity index (χ1) is 7.65. The second-order valence-electron chi connectivity index (χ2n) is 5.02. The van der Waals surface area contributed by atoms with Gasteiger partial charge in [0.25, 0.3) is 0 Å². The molecule has 1 aliphatic heterocycles. The Labute approximate surface area is 111 Å². The SMILES string of the molecule is Cc1ccc(CN2CCN[C@H](C)C2)c(C)c1.Cl. The first kappa shape index (κ1) is 14.5. The Kier molecular flexibility index (Phi) is 5.44. The molecule has 17 heavy (non-hydrogen) atoms. The summed E-state index contributed by atoms with van der Waals surface area (Å²) in [5.41, 5.74) is 4.25. The minimum atomic E-state index is 0. The maximum absolute atomic E-state index is 3.48. The summed E-state index contributed by atoms with van der Waals surface area (Å²) in [6.07, 6.45) is 0. The number of rotatable bonds is 2. The molecule has 1 heterocycles. The van der Waals surface area contributed by atoms with Crippen LogP contribution in [0.3, 0.4) is 0 Å². The summed E-state index contributed by atoms with van der Waals surface area (Å²) in [5, 5.41) is 3.48. The largest absolute Gasteiger partial charge is 0.312 e. The van der Waals surface area contributed by atoms with Gasteiger partial charge in [-0.1, -0.05) is 23.8 Å². The van der Waals surface area contributed by atoms with Crippen LogP contribution in [0, 0.1) is 13.8 Å². The molecule has 1 aromatic rings. The van der Waals surface area contributed by atoms with Crippen LogP contribution in [0.5, 0.6) is 0 Å². The Bertz CT molecular complexity index is 365. The van der Waals surface area contributed by atoms with Crippen LogP contribution < -0.4 is 5.32 Å². The van der Waals surface area contributed by atoms with Crippen molar-refractivity contribution in [3.05, 3.63) is 34.9 Å². The predicted octanol–water partition coefficient (Wildman–Crippen LogP) is 2.52. The molecule has 2 nitrogen and oxygen atoms in total. The topological polar surface area (TPSA) is 15.3 Å². The Hall–Kier alpha value is -0.570. The highest BCUT2D eigenvalue weighted by atomic mass is 35.5. The fraction of sp³-hybridized carbons (Fsp3) is 0.571. The average Bonchev–Trinajstić information content (AvgIpc) is 2.22. The van der Waals surface area contributed by atoms with Gasteiger partial charge in [-0.2, -0.15) is 0 Å². The van der Waals surface area contributed by atoms with Gasteiger partial charge in [-0.15, -0.1) is 12.4 Å². The first-order valence-electron chi connectivity index (χ1n) is 6.17. The molecule has 0 aliphatic carbocycles. The van der Waals surface area contributed by atoms with Gasteiger partial charge in [0.1, 0.15) is 0 Å². The van der Waals surface area contributed by atoms with Crippen LogP contribution in [0.4, 0.5) is 0 Å². The Balaban J connectivity index is 0.00000144. The minimum absolute atomic E-state index is 0. The molecule has 1 atom stereocenters. The average molecular weight is 255 g/mol. The van der Waals surface area contributed by atoms with E-state index in [4.69, 9.17) is 0 Å². The number of hydrogen-bond acceptors (Lipinski definition) is 2. The molecule has 3 heteroatoms. The Morgan fingerprint density at radius 1 is 1.35 bits per heavy atom. The lowest BCUT2D eigenvalue weighted by atomic mass is 10.0. The maximum atomic E-state index is 3.48. The van der Waals surface area contributed by atoms with Crippen LogP contribution in [0.1, 0.15) is 23.6 Å². The van der Waals surface area contributed by atoms with E-state index in [1.54, 1.807) is 0 Å². The van der Waals surface area contributed by atoms with E-state index in [0.717, 1.165) is 26.2 Å². The second-order valence-corrected chi connectivity index (χ2v) is 5.02. The lowest BCUT2D eigenvalue weighted by molar-refractivity contribution is 0.199. The lowest BCUT2D eigenvalue weighted by Crippen LogP contribution is -2.48. The van der Waals surface area contributed by atoms with Crippen molar-refractivity contribution in [1.82, 2.24) is 10.2 Å². The van der Waals surface area contributed by atoms with Crippen molar-refractivity contribution < 1.29 is 0 Å². The van der Waals surface area contributed by atoms with Gasteiger partial charge in [0, 0.05) is 32.2 Å². The van der Waals surface area contributed by atoms with E-state index in [-0.39, 0.29) is 12.4 Å². The van der Waals surface area contributed by atoms with Crippen LogP contribution in [0.25, 0.3) is 0 Å². The lowest BCUT2D eigenvalue weighted by Gasteiger charge is -2.32. The molecule has 0 radical (unpaired) electrons. The van der Waals surface area contributed by atoms with Gasteiger partial charge < -0.3 is 5.32 Å². The van der Waals surface area contributed by atoms with E-state index in [1.807, 2.05) is 0 Å². The number of hydrogen-bond donors (Lipinski definition) is 1. The highest BCUT2D eigenvalue weighted by Gasteiger charge is 2.15. The summed E-state index contributed by atoms with van der Waals surface area (Å²) in [5.74, 6) is 0. The molecule has 0 saturated carbocycles. The fourth-order valence-electron chi connectivity index (χ4n) is 2.42. The summed E-state index contributed by atoms with van der Waals surface area (Å²) in [4.78, 5) is 2.54. The molecule has 96 valence electrons. The summed E-state index contributed by atoms with van der Waals surface area (Å²) in [6, 6.07) is 7.39. The third-order valence-corrected chi connectivity index (χ3v) is 3.34. The van der Waals surface area contributed by atoms with Crippen LogP contribution in [-0.2, 0) is 6.54 Å². The third kappa shape index (κ3) is 3.98. The van der Waals surface area contributed by atoms with Crippen LogP contribution in [0.2, 0.25) is 0 Å². The van der Waals surface area contributed by atoms with Gasteiger partial charge in [-0.25, -0.2) is 0 Å². The third-order valence-electron chi connectivity index (χ3n) is 3.34. The summed E-state index contributed by atoms with van der Waals surface area (Å²) in [7, 11) is 0. The van der Waals surface area contributed by atoms with Crippen molar-refractivity contribution >= 4 is 12.4 Å². The van der Waals surface area contributed by atoms with Gasteiger partial charge in [0.2, 0.25) is 0 Å². The number of aryl methyl sites for hydroxylation is 2. The number of benzene rings is 1. The molecule has 2 rings (SSSR count). The van der Waals surface area contributed by atoms with Crippen LogP contribution in [0.15, 0.2) is 18.2 Å². The van der Waals surface area contributed by atoms with E-state index >= 15 is 0 Å². The van der Waals surface area contributed by atoms with E-state index in [1.165, 1.54) is 16.7 Å². The van der Waals surface area contributed by atoms with Crippen molar-refractivity contribution in [2.24, 2.45) is 0 Å². The zero-order valence-electron chi connectivity index (χ0n) is 11.0. The molecule has 1 fully saturated rings. The zero-order chi connectivity index (χ0) is 11.5. The van der Waals surface area contributed by atoms with E-state index in [2.05, 4.69) is 49.2 Å². The molecular weight excluding hydrogens is 232 g/mol. The van der Waals surface area contributed by atoms with E-state index < -0.39 is 0 Å². The van der Waals surface area contributed by atoms with Crippen LogP contribution >= 0.6 is 12.4 Å². The summed E-state index contributed by atoms with van der Waals surface area (Å²) >= 11 is 0. The van der Waals surface area contributed by atoms with Crippen molar-refractivity contribution in [3.8, 4) is 0 Å².